The minimum absolute atomic E-state index is 0.0310. The summed E-state index contributed by atoms with van der Waals surface area (Å²) in [5.41, 5.74) is 2.08. The summed E-state index contributed by atoms with van der Waals surface area (Å²) in [4.78, 5) is 15.5. The van der Waals surface area contributed by atoms with Gasteiger partial charge in [0, 0.05) is 30.6 Å². The molecule has 7 rings (SSSR count). The topological polar surface area (TPSA) is 90.7 Å². The number of alkyl carbamates (subject to hydrolysis) is 1. The molecular weight excluding hydrogens is 530 g/mol. The van der Waals surface area contributed by atoms with Gasteiger partial charge in [0.1, 0.15) is 18.5 Å². The van der Waals surface area contributed by atoms with Crippen molar-refractivity contribution in [3.05, 3.63) is 83.4 Å². The number of piperidine rings is 1. The van der Waals surface area contributed by atoms with Gasteiger partial charge in [0.25, 0.3) is 0 Å². The van der Waals surface area contributed by atoms with E-state index >= 15 is 0 Å². The number of fused-ring (bicyclic) bond motifs is 3. The molecule has 2 unspecified atom stereocenters. The van der Waals surface area contributed by atoms with Crippen LogP contribution in [-0.4, -0.2) is 57.3 Å². The Morgan fingerprint density at radius 1 is 0.976 bits per heavy atom. The molecule has 0 saturated carbocycles. The van der Waals surface area contributed by atoms with E-state index in [1.165, 1.54) is 12.8 Å². The molecule has 0 aliphatic carbocycles. The first-order valence-electron chi connectivity index (χ1n) is 15.6. The highest BCUT2D eigenvalue weighted by molar-refractivity contribution is 5.68. The van der Waals surface area contributed by atoms with Crippen molar-refractivity contribution in [3.8, 4) is 0 Å². The number of aryl methyl sites for hydroxylation is 1. The number of carbonyl (C=O) groups excluding carboxylic acids is 1. The molecule has 42 heavy (non-hydrogen) atoms. The fraction of sp³-hybridized carbons (Fsp3) is 0.545. The number of aromatic nitrogens is 3. The lowest BCUT2D eigenvalue weighted by atomic mass is 9.95. The molecule has 4 fully saturated rings. The zero-order valence-corrected chi connectivity index (χ0v) is 24.3. The van der Waals surface area contributed by atoms with Crippen LogP contribution in [0.2, 0.25) is 0 Å². The Bertz CT molecular complexity index is 1320. The fourth-order valence-electron chi connectivity index (χ4n) is 7.72. The largest absolute Gasteiger partial charge is 0.445 e. The van der Waals surface area contributed by atoms with E-state index in [1.807, 2.05) is 48.5 Å². The average molecular weight is 572 g/mol. The zero-order chi connectivity index (χ0) is 28.5. The highest BCUT2D eigenvalue weighted by Gasteiger charge is 2.45. The summed E-state index contributed by atoms with van der Waals surface area (Å²) < 4.78 is 20.0. The predicted molar refractivity (Wildman–Crippen MR) is 156 cm³/mol. The van der Waals surface area contributed by atoms with E-state index in [-0.39, 0.29) is 31.1 Å². The maximum Gasteiger partial charge on any atom is 0.407 e. The summed E-state index contributed by atoms with van der Waals surface area (Å²) in [6, 6.07) is 21.3. The molecule has 9 heteroatoms. The molecular formula is C33H41N5O4. The molecule has 1 aromatic heterocycles. The van der Waals surface area contributed by atoms with Crippen molar-refractivity contribution in [1.82, 2.24) is 25.0 Å². The summed E-state index contributed by atoms with van der Waals surface area (Å²) in [5.74, 6) is 2.43. The van der Waals surface area contributed by atoms with E-state index in [0.29, 0.717) is 24.0 Å². The first-order chi connectivity index (χ1) is 20.6. The number of hydrogen-bond donors (Lipinski definition) is 1. The number of carbonyl (C=O) groups is 1. The average Bonchev–Trinajstić information content (AvgIpc) is 3.77. The maximum absolute atomic E-state index is 12.8. The van der Waals surface area contributed by atoms with Gasteiger partial charge in [0.05, 0.1) is 12.6 Å². The molecule has 6 atom stereocenters. The number of nitrogens with one attached hydrogen (secondary N) is 1. The van der Waals surface area contributed by atoms with E-state index in [0.717, 1.165) is 68.0 Å². The smallest absolute Gasteiger partial charge is 0.407 e. The molecule has 0 radical (unpaired) electrons. The van der Waals surface area contributed by atoms with Gasteiger partial charge in [-0.1, -0.05) is 60.7 Å². The fourth-order valence-corrected chi connectivity index (χ4v) is 7.72. The molecule has 1 N–H and O–H groups in total. The van der Waals surface area contributed by atoms with Crippen molar-refractivity contribution < 1.29 is 19.0 Å². The van der Waals surface area contributed by atoms with Crippen molar-refractivity contribution in [3.63, 3.8) is 0 Å². The number of amides is 1. The number of ether oxygens (including phenoxy) is 3. The van der Waals surface area contributed by atoms with E-state index in [1.54, 1.807) is 0 Å². The molecule has 2 aromatic carbocycles. The summed E-state index contributed by atoms with van der Waals surface area (Å²) >= 11 is 0. The summed E-state index contributed by atoms with van der Waals surface area (Å²) in [7, 11) is 0. The van der Waals surface area contributed by atoms with Gasteiger partial charge < -0.3 is 24.1 Å². The van der Waals surface area contributed by atoms with E-state index in [2.05, 4.69) is 44.0 Å². The minimum atomic E-state index is -0.381. The van der Waals surface area contributed by atoms with Gasteiger partial charge in [-0.15, -0.1) is 10.2 Å². The Balaban J connectivity index is 0.994. The van der Waals surface area contributed by atoms with Gasteiger partial charge in [-0.05, 0) is 63.0 Å². The predicted octanol–water partition coefficient (Wildman–Crippen LogP) is 5.64. The van der Waals surface area contributed by atoms with Crippen LogP contribution in [0.5, 0.6) is 0 Å². The van der Waals surface area contributed by atoms with Crippen molar-refractivity contribution >= 4 is 6.09 Å². The second-order valence-electron chi connectivity index (χ2n) is 12.3. The van der Waals surface area contributed by atoms with Gasteiger partial charge in [0.2, 0.25) is 0 Å². The third-order valence-electron chi connectivity index (χ3n) is 9.76. The molecule has 5 heterocycles. The molecule has 1 amide bonds. The van der Waals surface area contributed by atoms with Crippen LogP contribution in [0.15, 0.2) is 60.7 Å². The summed E-state index contributed by atoms with van der Waals surface area (Å²) in [5, 5.41) is 12.3. The van der Waals surface area contributed by atoms with Crippen LogP contribution in [0, 0.1) is 12.8 Å². The Labute approximate surface area is 247 Å². The minimum Gasteiger partial charge on any atom is -0.445 e. The standard InChI is InChI=1S/C33H41N5O4/c1-22-35-36-31(30-18-25-15-17-40-32(25)42-30)38(22)28-19-26-12-13-27(20-28)37(26)16-14-29(24-10-6-3-7-11-24)34-33(39)41-21-23-8-4-2-5-9-23/h2-11,25-30,32H,12-21H2,1H3,(H,34,39)/t25-,26?,27?,28?,29-,30-,32+/m0/s1. The van der Waals surface area contributed by atoms with Crippen LogP contribution in [0.25, 0.3) is 0 Å². The van der Waals surface area contributed by atoms with Crippen LogP contribution in [0.4, 0.5) is 4.79 Å². The van der Waals surface area contributed by atoms with Crippen LogP contribution in [-0.2, 0) is 20.8 Å². The third-order valence-corrected chi connectivity index (χ3v) is 9.76. The molecule has 4 saturated heterocycles. The van der Waals surface area contributed by atoms with Crippen molar-refractivity contribution in [2.45, 2.75) is 95.0 Å². The summed E-state index contributed by atoms with van der Waals surface area (Å²) in [6.45, 7) is 4.06. The summed E-state index contributed by atoms with van der Waals surface area (Å²) in [6.07, 6.45) is 6.96. The van der Waals surface area contributed by atoms with E-state index in [4.69, 9.17) is 14.2 Å². The molecule has 2 bridgehead atoms. The second kappa shape index (κ2) is 12.1. The highest BCUT2D eigenvalue weighted by atomic mass is 16.7. The Morgan fingerprint density at radius 3 is 2.45 bits per heavy atom. The number of hydrogen-bond acceptors (Lipinski definition) is 7. The molecule has 4 aliphatic rings. The molecule has 9 nitrogen and oxygen atoms in total. The number of benzene rings is 2. The van der Waals surface area contributed by atoms with Gasteiger partial charge in [-0.25, -0.2) is 4.79 Å². The zero-order valence-electron chi connectivity index (χ0n) is 24.3. The lowest BCUT2D eigenvalue weighted by molar-refractivity contribution is -0.120. The molecule has 4 aliphatic heterocycles. The van der Waals surface area contributed by atoms with E-state index in [9.17, 15) is 4.79 Å². The Morgan fingerprint density at radius 2 is 1.71 bits per heavy atom. The lowest BCUT2D eigenvalue weighted by Gasteiger charge is -2.40. The molecule has 3 aromatic rings. The van der Waals surface area contributed by atoms with Gasteiger partial charge in [-0.3, -0.25) is 4.90 Å². The lowest BCUT2D eigenvalue weighted by Crippen LogP contribution is -2.45. The Hall–Kier alpha value is -3.27. The molecule has 222 valence electrons. The monoisotopic (exact) mass is 571 g/mol. The van der Waals surface area contributed by atoms with Crippen LogP contribution in [0.3, 0.4) is 0 Å². The third kappa shape index (κ3) is 5.70. The van der Waals surface area contributed by atoms with Crippen LogP contribution >= 0.6 is 0 Å². The van der Waals surface area contributed by atoms with E-state index < -0.39 is 0 Å². The van der Waals surface area contributed by atoms with Gasteiger partial charge >= 0.3 is 6.09 Å². The maximum atomic E-state index is 12.8. The number of nitrogens with zero attached hydrogens (tertiary/aromatic N) is 4. The SMILES string of the molecule is Cc1nnc([C@@H]2C[C@@H]3CCO[C@@H]3O2)n1C1CC2CCC(C1)N2CC[C@H](NC(=O)OCc1ccccc1)c1ccccc1. The quantitative estimate of drug-likeness (QED) is 0.356. The Kier molecular flexibility index (Phi) is 7.97. The van der Waals surface area contributed by atoms with Crippen molar-refractivity contribution in [2.75, 3.05) is 13.2 Å². The number of rotatable bonds is 9. The van der Waals surface area contributed by atoms with Crippen LogP contribution < -0.4 is 5.32 Å². The van der Waals surface area contributed by atoms with Crippen molar-refractivity contribution in [2.24, 2.45) is 5.92 Å². The van der Waals surface area contributed by atoms with Crippen molar-refractivity contribution in [1.29, 1.82) is 0 Å². The van der Waals surface area contributed by atoms with Gasteiger partial charge in [0.15, 0.2) is 12.1 Å². The van der Waals surface area contributed by atoms with Crippen LogP contribution in [0.1, 0.15) is 85.9 Å². The van der Waals surface area contributed by atoms with Gasteiger partial charge in [-0.2, -0.15) is 0 Å². The normalized spacial score (nSPS) is 29.4. The second-order valence-corrected chi connectivity index (χ2v) is 12.3. The molecule has 0 spiro atoms. The first kappa shape index (κ1) is 27.6. The highest BCUT2D eigenvalue weighted by Crippen LogP contribution is 2.45. The first-order valence-corrected chi connectivity index (χ1v) is 15.6.